The topological polar surface area (TPSA) is 29.1 Å². The van der Waals surface area contributed by atoms with E-state index >= 15 is 0 Å². The molecule has 1 aliphatic rings. The zero-order valence-electron chi connectivity index (χ0n) is 9.72. The third-order valence-electron chi connectivity index (χ3n) is 3.32. The molecule has 1 aromatic rings. The average Bonchev–Trinajstić information content (AvgIpc) is 2.68. The van der Waals surface area contributed by atoms with E-state index in [9.17, 15) is 9.18 Å². The second-order valence-corrected chi connectivity index (χ2v) is 5.68. The van der Waals surface area contributed by atoms with Gasteiger partial charge in [0, 0.05) is 5.54 Å². The molecule has 2 nitrogen and oxygen atoms in total. The summed E-state index contributed by atoms with van der Waals surface area (Å²) >= 11 is 3.09. The van der Waals surface area contributed by atoms with Gasteiger partial charge in [0.25, 0.3) is 5.91 Å². The Hall–Kier alpha value is -0.900. The molecule has 92 valence electrons. The van der Waals surface area contributed by atoms with Crippen molar-refractivity contribution < 1.29 is 9.18 Å². The monoisotopic (exact) mass is 299 g/mol. The molecule has 0 bridgehead atoms. The van der Waals surface area contributed by atoms with Gasteiger partial charge in [-0.25, -0.2) is 4.39 Å². The van der Waals surface area contributed by atoms with Crippen LogP contribution in [0.15, 0.2) is 22.7 Å². The molecule has 1 fully saturated rings. The van der Waals surface area contributed by atoms with E-state index in [0.29, 0.717) is 4.47 Å². The molecule has 0 aromatic heterocycles. The zero-order valence-corrected chi connectivity index (χ0v) is 11.3. The van der Waals surface area contributed by atoms with Crippen LogP contribution < -0.4 is 5.32 Å². The maximum Gasteiger partial charge on any atom is 0.254 e. The number of hydrogen-bond donors (Lipinski definition) is 1. The minimum absolute atomic E-state index is 0.104. The van der Waals surface area contributed by atoms with Crippen molar-refractivity contribution in [3.8, 4) is 0 Å². The van der Waals surface area contributed by atoms with Gasteiger partial charge >= 0.3 is 0 Å². The number of nitrogens with one attached hydrogen (secondary N) is 1. The molecule has 0 unspecified atom stereocenters. The van der Waals surface area contributed by atoms with E-state index in [1.54, 1.807) is 12.1 Å². The predicted molar refractivity (Wildman–Crippen MR) is 68.4 cm³/mol. The number of hydrogen-bond acceptors (Lipinski definition) is 1. The molecule has 17 heavy (non-hydrogen) atoms. The molecule has 1 saturated carbocycles. The Morgan fingerprint density at radius 1 is 1.41 bits per heavy atom. The van der Waals surface area contributed by atoms with Gasteiger partial charge < -0.3 is 5.32 Å². The van der Waals surface area contributed by atoms with E-state index in [0.717, 1.165) is 25.7 Å². The van der Waals surface area contributed by atoms with Crippen LogP contribution in [0.1, 0.15) is 43.0 Å². The average molecular weight is 300 g/mol. The maximum atomic E-state index is 13.7. The molecule has 0 aliphatic heterocycles. The highest BCUT2D eigenvalue weighted by Crippen LogP contribution is 2.29. The Kier molecular flexibility index (Phi) is 3.52. The fraction of sp³-hybridized carbons (Fsp3) is 0.462. The SMILES string of the molecule is CC1(NC(=O)c2cccc(Br)c2F)CCCC1. The molecule has 2 rings (SSSR count). The lowest BCUT2D eigenvalue weighted by Gasteiger charge is -2.25. The Balaban J connectivity index is 2.17. The maximum absolute atomic E-state index is 13.7. The van der Waals surface area contributed by atoms with Crippen LogP contribution in [0.4, 0.5) is 4.39 Å². The number of halogens is 2. The van der Waals surface area contributed by atoms with Crippen molar-refractivity contribution in [3.05, 3.63) is 34.1 Å². The summed E-state index contributed by atoms with van der Waals surface area (Å²) in [4.78, 5) is 12.0. The normalized spacial score (nSPS) is 18.1. The molecule has 1 aliphatic carbocycles. The summed E-state index contributed by atoms with van der Waals surface area (Å²) in [5, 5.41) is 2.94. The van der Waals surface area contributed by atoms with Gasteiger partial charge in [-0.3, -0.25) is 4.79 Å². The largest absolute Gasteiger partial charge is 0.347 e. The highest BCUT2D eigenvalue weighted by molar-refractivity contribution is 9.10. The summed E-state index contributed by atoms with van der Waals surface area (Å²) in [6.07, 6.45) is 4.18. The smallest absolute Gasteiger partial charge is 0.254 e. The van der Waals surface area contributed by atoms with Crippen molar-refractivity contribution in [2.24, 2.45) is 0 Å². The summed E-state index contributed by atoms with van der Waals surface area (Å²) in [6.45, 7) is 2.02. The minimum atomic E-state index is -0.494. The van der Waals surface area contributed by atoms with Crippen LogP contribution in [0.2, 0.25) is 0 Å². The van der Waals surface area contributed by atoms with Gasteiger partial charge in [0.05, 0.1) is 10.0 Å². The first-order chi connectivity index (χ1) is 8.02. The van der Waals surface area contributed by atoms with Crippen molar-refractivity contribution in [2.75, 3.05) is 0 Å². The molecule has 4 heteroatoms. The predicted octanol–water partition coefficient (Wildman–Crippen LogP) is 3.65. The lowest BCUT2D eigenvalue weighted by molar-refractivity contribution is 0.0904. The molecule has 1 amide bonds. The van der Waals surface area contributed by atoms with Crippen LogP contribution in [0, 0.1) is 5.82 Å². The molecule has 0 radical (unpaired) electrons. The van der Waals surface area contributed by atoms with E-state index in [2.05, 4.69) is 21.2 Å². The Labute approximate surface area is 109 Å². The fourth-order valence-corrected chi connectivity index (χ4v) is 2.67. The van der Waals surface area contributed by atoms with Gasteiger partial charge in [-0.1, -0.05) is 18.9 Å². The summed E-state index contributed by atoms with van der Waals surface area (Å²) in [7, 11) is 0. The minimum Gasteiger partial charge on any atom is -0.347 e. The third kappa shape index (κ3) is 2.68. The second kappa shape index (κ2) is 4.77. The molecule has 0 spiro atoms. The number of amides is 1. The quantitative estimate of drug-likeness (QED) is 0.887. The Bertz CT molecular complexity index is 441. The summed E-state index contributed by atoms with van der Waals surface area (Å²) < 4.78 is 14.1. The van der Waals surface area contributed by atoms with E-state index in [1.165, 1.54) is 6.07 Å². The van der Waals surface area contributed by atoms with Crippen LogP contribution in [0.5, 0.6) is 0 Å². The van der Waals surface area contributed by atoms with E-state index in [-0.39, 0.29) is 17.0 Å². The zero-order chi connectivity index (χ0) is 12.5. The van der Waals surface area contributed by atoms with Crippen molar-refractivity contribution in [1.82, 2.24) is 5.32 Å². The fourth-order valence-electron chi connectivity index (χ4n) is 2.30. The summed E-state index contributed by atoms with van der Waals surface area (Å²) in [5.74, 6) is -0.820. The molecule has 0 saturated heterocycles. The van der Waals surface area contributed by atoms with Crippen molar-refractivity contribution in [3.63, 3.8) is 0 Å². The number of rotatable bonds is 2. The van der Waals surface area contributed by atoms with Gasteiger partial charge in [0.15, 0.2) is 0 Å². The van der Waals surface area contributed by atoms with Crippen molar-refractivity contribution >= 4 is 21.8 Å². The third-order valence-corrected chi connectivity index (χ3v) is 3.93. The van der Waals surface area contributed by atoms with Crippen molar-refractivity contribution in [1.29, 1.82) is 0 Å². The van der Waals surface area contributed by atoms with Crippen LogP contribution in [0.25, 0.3) is 0 Å². The molecular weight excluding hydrogens is 285 g/mol. The number of carbonyl (C=O) groups excluding carboxylic acids is 1. The van der Waals surface area contributed by atoms with Gasteiger partial charge in [0.2, 0.25) is 0 Å². The lowest BCUT2D eigenvalue weighted by Crippen LogP contribution is -2.43. The van der Waals surface area contributed by atoms with E-state index in [1.807, 2.05) is 6.92 Å². The first-order valence-electron chi connectivity index (χ1n) is 5.78. The highest BCUT2D eigenvalue weighted by Gasteiger charge is 2.31. The number of carbonyl (C=O) groups is 1. The van der Waals surface area contributed by atoms with E-state index in [4.69, 9.17) is 0 Å². The number of benzene rings is 1. The van der Waals surface area contributed by atoms with Gasteiger partial charge in [-0.2, -0.15) is 0 Å². The van der Waals surface area contributed by atoms with Crippen LogP contribution in [-0.2, 0) is 0 Å². The Morgan fingerprint density at radius 3 is 2.71 bits per heavy atom. The first kappa shape index (κ1) is 12.6. The van der Waals surface area contributed by atoms with Crippen LogP contribution in [-0.4, -0.2) is 11.4 Å². The van der Waals surface area contributed by atoms with Crippen LogP contribution in [0.3, 0.4) is 0 Å². The lowest BCUT2D eigenvalue weighted by atomic mass is 10.00. The molecular formula is C13H15BrFNO. The van der Waals surface area contributed by atoms with Gasteiger partial charge in [-0.05, 0) is 47.8 Å². The Morgan fingerprint density at radius 2 is 2.06 bits per heavy atom. The second-order valence-electron chi connectivity index (χ2n) is 4.82. The van der Waals surface area contributed by atoms with Gasteiger partial charge in [-0.15, -0.1) is 0 Å². The van der Waals surface area contributed by atoms with Gasteiger partial charge in [0.1, 0.15) is 5.82 Å². The molecule has 1 aromatic carbocycles. The highest BCUT2D eigenvalue weighted by atomic mass is 79.9. The summed E-state index contributed by atoms with van der Waals surface area (Å²) in [6, 6.07) is 4.76. The molecule has 1 N–H and O–H groups in total. The van der Waals surface area contributed by atoms with Crippen LogP contribution >= 0.6 is 15.9 Å². The van der Waals surface area contributed by atoms with E-state index < -0.39 is 5.82 Å². The van der Waals surface area contributed by atoms with Crippen molar-refractivity contribution in [2.45, 2.75) is 38.1 Å². The summed E-state index contributed by atoms with van der Waals surface area (Å²) in [5.41, 5.74) is -0.0706. The molecule has 0 atom stereocenters. The molecule has 0 heterocycles. The standard InChI is InChI=1S/C13H15BrFNO/c1-13(7-2-3-8-13)16-12(17)9-5-4-6-10(14)11(9)15/h4-6H,2-3,7-8H2,1H3,(H,16,17). The first-order valence-corrected chi connectivity index (χ1v) is 6.58.